The van der Waals surface area contributed by atoms with E-state index in [-0.39, 0.29) is 5.91 Å². The molecule has 160 valence electrons. The van der Waals surface area contributed by atoms with Gasteiger partial charge in [0.1, 0.15) is 6.04 Å². The molecule has 2 N–H and O–H groups in total. The molecule has 1 unspecified atom stereocenters. The second kappa shape index (κ2) is 10.9. The molecule has 1 atom stereocenters. The van der Waals surface area contributed by atoms with Crippen LogP contribution < -0.4 is 5.32 Å². The topological polar surface area (TPSA) is 79.3 Å². The number of hydrogen-bond donors (Lipinski definition) is 2. The van der Waals surface area contributed by atoms with Gasteiger partial charge in [0.05, 0.1) is 5.51 Å². The lowest BCUT2D eigenvalue weighted by atomic mass is 9.93. The summed E-state index contributed by atoms with van der Waals surface area (Å²) in [5.41, 5.74) is 5.94. The molecule has 3 aromatic rings. The van der Waals surface area contributed by atoms with Crippen molar-refractivity contribution in [1.29, 1.82) is 0 Å². The molecule has 0 aliphatic heterocycles. The van der Waals surface area contributed by atoms with Crippen molar-refractivity contribution in [2.45, 2.75) is 19.4 Å². The van der Waals surface area contributed by atoms with E-state index >= 15 is 0 Å². The summed E-state index contributed by atoms with van der Waals surface area (Å²) in [6.07, 6.45) is 8.05. The summed E-state index contributed by atoms with van der Waals surface area (Å²) < 4.78 is 0. The summed E-state index contributed by atoms with van der Waals surface area (Å²) >= 11 is 3.10. The Bertz CT molecular complexity index is 1080. The Morgan fingerprint density at radius 2 is 2.00 bits per heavy atom. The van der Waals surface area contributed by atoms with Crippen LogP contribution in [0.3, 0.4) is 0 Å². The van der Waals surface area contributed by atoms with Crippen molar-refractivity contribution in [3.8, 4) is 11.1 Å². The number of carboxylic acids is 1. The van der Waals surface area contributed by atoms with E-state index in [9.17, 15) is 14.7 Å². The van der Waals surface area contributed by atoms with Gasteiger partial charge in [-0.25, -0.2) is 4.79 Å². The van der Waals surface area contributed by atoms with Crippen molar-refractivity contribution in [3.05, 3.63) is 75.7 Å². The van der Waals surface area contributed by atoms with Gasteiger partial charge in [-0.15, -0.1) is 11.3 Å². The Balaban J connectivity index is 1.97. The molecule has 1 heterocycles. The van der Waals surface area contributed by atoms with Gasteiger partial charge in [-0.1, -0.05) is 36.4 Å². The number of benzene rings is 2. The van der Waals surface area contributed by atoms with Crippen molar-refractivity contribution in [3.63, 3.8) is 0 Å². The zero-order valence-electron chi connectivity index (χ0n) is 17.4. The third-order valence-corrected chi connectivity index (χ3v) is 6.21. The molecule has 3 rings (SSSR count). The zero-order valence-corrected chi connectivity index (χ0v) is 19.0. The maximum Gasteiger partial charge on any atom is 0.326 e. The number of carbonyl (C=O) groups excluding carboxylic acids is 1. The molecule has 0 aliphatic carbocycles. The molecule has 2 aromatic carbocycles. The Morgan fingerprint density at radius 3 is 2.68 bits per heavy atom. The van der Waals surface area contributed by atoms with Gasteiger partial charge in [0.15, 0.2) is 0 Å². The minimum Gasteiger partial charge on any atom is -0.480 e. The molecule has 0 aliphatic rings. The predicted molar refractivity (Wildman–Crippen MR) is 130 cm³/mol. The number of aromatic nitrogens is 1. The van der Waals surface area contributed by atoms with Crippen LogP contribution in [-0.2, 0) is 4.79 Å². The predicted octanol–water partition coefficient (Wildman–Crippen LogP) is 5.23. The fraction of sp³-hybridized carbons (Fsp3) is 0.208. The number of nitrogens with zero attached hydrogens (tertiary/aromatic N) is 1. The van der Waals surface area contributed by atoms with Gasteiger partial charge in [-0.3, -0.25) is 9.78 Å². The number of rotatable bonds is 9. The van der Waals surface area contributed by atoms with Crippen LogP contribution in [0.5, 0.6) is 0 Å². The average Bonchev–Trinajstić information content (AvgIpc) is 3.29. The van der Waals surface area contributed by atoms with Gasteiger partial charge < -0.3 is 10.4 Å². The number of hydrogen-bond acceptors (Lipinski definition) is 5. The van der Waals surface area contributed by atoms with Gasteiger partial charge in [0.25, 0.3) is 5.91 Å². The maximum absolute atomic E-state index is 13.1. The van der Waals surface area contributed by atoms with Crippen LogP contribution in [0, 0.1) is 6.92 Å². The van der Waals surface area contributed by atoms with E-state index in [1.807, 2.05) is 61.7 Å². The highest BCUT2D eigenvalue weighted by Crippen LogP contribution is 2.29. The average molecular weight is 453 g/mol. The highest BCUT2D eigenvalue weighted by molar-refractivity contribution is 7.98. The summed E-state index contributed by atoms with van der Waals surface area (Å²) in [6.45, 7) is 2.00. The molecule has 1 amide bonds. The first-order valence-electron chi connectivity index (χ1n) is 9.79. The second-order valence-electron chi connectivity index (χ2n) is 7.00. The first-order chi connectivity index (χ1) is 15.0. The Hall–Kier alpha value is -2.90. The van der Waals surface area contributed by atoms with Crippen LogP contribution in [0.25, 0.3) is 23.3 Å². The van der Waals surface area contributed by atoms with E-state index in [1.165, 1.54) is 0 Å². The monoisotopic (exact) mass is 452 g/mol. The first-order valence-corrected chi connectivity index (χ1v) is 12.1. The smallest absolute Gasteiger partial charge is 0.326 e. The zero-order chi connectivity index (χ0) is 22.2. The molecule has 0 saturated carbocycles. The number of carboxylic acid groups (broad SMARTS) is 1. The van der Waals surface area contributed by atoms with Crippen LogP contribution in [0.2, 0.25) is 0 Å². The third kappa shape index (κ3) is 6.06. The van der Waals surface area contributed by atoms with E-state index in [0.717, 1.165) is 27.1 Å². The standard InChI is InChI=1S/C24H24N2O3S2/c1-16-5-3-4-6-19(16)21-13-17(7-9-18-14-25-15-31-18)8-10-20(21)23(27)26-22(24(28)29)11-12-30-2/h3-10,13-15,22H,11-12H2,1-2H3,(H,26,27)(H,28,29). The summed E-state index contributed by atoms with van der Waals surface area (Å²) in [6, 6.07) is 12.5. The molecule has 0 fully saturated rings. The maximum atomic E-state index is 13.1. The van der Waals surface area contributed by atoms with Crippen LogP contribution in [0.4, 0.5) is 0 Å². The number of thiazole rings is 1. The van der Waals surface area contributed by atoms with Crippen LogP contribution >= 0.6 is 23.1 Å². The lowest BCUT2D eigenvalue weighted by Gasteiger charge is -2.17. The van der Waals surface area contributed by atoms with Crippen molar-refractivity contribution in [2.75, 3.05) is 12.0 Å². The van der Waals surface area contributed by atoms with E-state index in [4.69, 9.17) is 0 Å². The normalized spacial score (nSPS) is 12.1. The molecule has 7 heteroatoms. The van der Waals surface area contributed by atoms with Gasteiger partial charge in [0, 0.05) is 16.6 Å². The van der Waals surface area contributed by atoms with Crippen molar-refractivity contribution in [1.82, 2.24) is 10.3 Å². The number of amides is 1. The third-order valence-electron chi connectivity index (χ3n) is 4.83. The number of nitrogens with one attached hydrogen (secondary N) is 1. The highest BCUT2D eigenvalue weighted by atomic mass is 32.2. The Labute approximate surface area is 190 Å². The van der Waals surface area contributed by atoms with E-state index in [2.05, 4.69) is 10.3 Å². The minimum atomic E-state index is -1.02. The molecule has 1 aromatic heterocycles. The summed E-state index contributed by atoms with van der Waals surface area (Å²) in [5.74, 6) is -0.753. The fourth-order valence-electron chi connectivity index (χ4n) is 3.18. The van der Waals surface area contributed by atoms with Crippen molar-refractivity contribution < 1.29 is 14.7 Å². The van der Waals surface area contributed by atoms with Gasteiger partial charge in [0.2, 0.25) is 0 Å². The number of aliphatic carboxylic acids is 1. The first kappa shape index (κ1) is 22.8. The Morgan fingerprint density at radius 1 is 1.19 bits per heavy atom. The Kier molecular flexibility index (Phi) is 8.03. The molecule has 31 heavy (non-hydrogen) atoms. The van der Waals surface area contributed by atoms with E-state index in [0.29, 0.717) is 17.7 Å². The van der Waals surface area contributed by atoms with E-state index < -0.39 is 12.0 Å². The van der Waals surface area contributed by atoms with Crippen LogP contribution in [0.15, 0.2) is 54.2 Å². The lowest BCUT2D eigenvalue weighted by molar-refractivity contribution is -0.139. The van der Waals surface area contributed by atoms with Crippen molar-refractivity contribution >= 4 is 47.1 Å². The number of carbonyl (C=O) groups is 2. The van der Waals surface area contributed by atoms with Crippen molar-refractivity contribution in [2.24, 2.45) is 0 Å². The summed E-state index contributed by atoms with van der Waals surface area (Å²) in [7, 11) is 0. The molecule has 5 nitrogen and oxygen atoms in total. The van der Waals surface area contributed by atoms with Crippen LogP contribution in [-0.4, -0.2) is 40.0 Å². The quantitative estimate of drug-likeness (QED) is 0.465. The molecular weight excluding hydrogens is 428 g/mol. The minimum absolute atomic E-state index is 0.373. The van der Waals surface area contributed by atoms with Gasteiger partial charge in [-0.05, 0) is 65.8 Å². The lowest BCUT2D eigenvalue weighted by Crippen LogP contribution is -2.41. The largest absolute Gasteiger partial charge is 0.480 e. The summed E-state index contributed by atoms with van der Waals surface area (Å²) in [4.78, 5) is 29.8. The fourth-order valence-corrected chi connectivity index (χ4v) is 4.16. The number of thioether (sulfide) groups is 1. The molecule has 0 radical (unpaired) electrons. The SMILES string of the molecule is CSCCC(NC(=O)c1ccc(C=Cc2cncs2)cc1-c1ccccc1C)C(=O)O. The van der Waals surface area contributed by atoms with Gasteiger partial charge >= 0.3 is 5.97 Å². The molecule has 0 bridgehead atoms. The number of aryl methyl sites for hydroxylation is 1. The molecular formula is C24H24N2O3S2. The summed E-state index contributed by atoms with van der Waals surface area (Å²) in [5, 5.41) is 12.2. The second-order valence-corrected chi connectivity index (χ2v) is 8.91. The molecule has 0 spiro atoms. The highest BCUT2D eigenvalue weighted by Gasteiger charge is 2.22. The van der Waals surface area contributed by atoms with E-state index in [1.54, 1.807) is 40.9 Å². The molecule has 0 saturated heterocycles. The van der Waals surface area contributed by atoms with Crippen LogP contribution in [0.1, 0.15) is 32.8 Å². The van der Waals surface area contributed by atoms with Gasteiger partial charge in [-0.2, -0.15) is 11.8 Å².